The minimum absolute atomic E-state index is 0.120. The van der Waals surface area contributed by atoms with Gasteiger partial charge in [-0.3, -0.25) is 4.79 Å². The SMILES string of the molecule is CCCCC1C(=O)c2ccccc2C=C1C. The summed E-state index contributed by atoms with van der Waals surface area (Å²) in [5, 5.41) is 0. The smallest absolute Gasteiger partial charge is 0.170 e. The Morgan fingerprint density at radius 3 is 2.75 bits per heavy atom. The van der Waals surface area contributed by atoms with Gasteiger partial charge >= 0.3 is 0 Å². The lowest BCUT2D eigenvalue weighted by Gasteiger charge is -2.22. The number of hydrogen-bond acceptors (Lipinski definition) is 1. The molecule has 1 aliphatic rings. The summed E-state index contributed by atoms with van der Waals surface area (Å²) in [6, 6.07) is 7.90. The van der Waals surface area contributed by atoms with E-state index in [1.54, 1.807) is 0 Å². The topological polar surface area (TPSA) is 17.1 Å². The summed E-state index contributed by atoms with van der Waals surface area (Å²) in [6.45, 7) is 4.24. The molecule has 0 spiro atoms. The highest BCUT2D eigenvalue weighted by atomic mass is 16.1. The van der Waals surface area contributed by atoms with E-state index in [4.69, 9.17) is 0 Å². The van der Waals surface area contributed by atoms with Crippen molar-refractivity contribution in [2.45, 2.75) is 33.1 Å². The molecule has 1 atom stereocenters. The average Bonchev–Trinajstić information content (AvgIpc) is 2.29. The number of carbonyl (C=O) groups excluding carboxylic acids is 1. The molecule has 0 heterocycles. The van der Waals surface area contributed by atoms with Gasteiger partial charge in [0.15, 0.2) is 5.78 Å². The maximum atomic E-state index is 12.3. The maximum absolute atomic E-state index is 12.3. The van der Waals surface area contributed by atoms with E-state index in [2.05, 4.69) is 19.9 Å². The summed E-state index contributed by atoms with van der Waals surface area (Å²) >= 11 is 0. The van der Waals surface area contributed by atoms with Gasteiger partial charge < -0.3 is 0 Å². The molecule has 1 heteroatoms. The van der Waals surface area contributed by atoms with Crippen LogP contribution in [0.15, 0.2) is 29.8 Å². The van der Waals surface area contributed by atoms with Crippen LogP contribution in [-0.4, -0.2) is 5.78 Å². The van der Waals surface area contributed by atoms with E-state index in [0.29, 0.717) is 5.78 Å². The van der Waals surface area contributed by atoms with Gasteiger partial charge in [0.25, 0.3) is 0 Å². The summed E-state index contributed by atoms with van der Waals surface area (Å²) in [6.07, 6.45) is 5.44. The second-order valence-corrected chi connectivity index (χ2v) is 4.53. The molecule has 0 radical (unpaired) electrons. The molecule has 1 nitrogen and oxygen atoms in total. The number of carbonyl (C=O) groups is 1. The Kier molecular flexibility index (Phi) is 3.23. The number of unbranched alkanes of at least 4 members (excludes halogenated alkanes) is 1. The number of fused-ring (bicyclic) bond motifs is 1. The van der Waals surface area contributed by atoms with Crippen molar-refractivity contribution >= 4 is 11.9 Å². The Hall–Kier alpha value is -1.37. The van der Waals surface area contributed by atoms with Gasteiger partial charge in [-0.05, 0) is 18.9 Å². The maximum Gasteiger partial charge on any atom is 0.170 e. The van der Waals surface area contributed by atoms with Gasteiger partial charge in [0.2, 0.25) is 0 Å². The minimum atomic E-state index is 0.120. The average molecular weight is 214 g/mol. The van der Waals surface area contributed by atoms with Crippen LogP contribution in [0, 0.1) is 5.92 Å². The molecule has 0 N–H and O–H groups in total. The van der Waals surface area contributed by atoms with Gasteiger partial charge in [-0.2, -0.15) is 0 Å². The Labute approximate surface area is 97.2 Å². The van der Waals surface area contributed by atoms with Gasteiger partial charge in [-0.1, -0.05) is 55.7 Å². The number of ketones is 1. The lowest BCUT2D eigenvalue weighted by atomic mass is 9.80. The third-order valence-corrected chi connectivity index (χ3v) is 3.32. The fourth-order valence-corrected chi connectivity index (χ4v) is 2.35. The summed E-state index contributed by atoms with van der Waals surface area (Å²) in [5.74, 6) is 0.430. The molecule has 0 saturated heterocycles. The Morgan fingerprint density at radius 1 is 1.25 bits per heavy atom. The molecular formula is C15H18O. The fourth-order valence-electron chi connectivity index (χ4n) is 2.35. The number of Topliss-reactive ketones (excluding diaryl/α,β-unsaturated/α-hetero) is 1. The number of allylic oxidation sites excluding steroid dienone is 1. The Bertz CT molecular complexity index is 429. The molecule has 0 amide bonds. The van der Waals surface area contributed by atoms with Crippen molar-refractivity contribution < 1.29 is 4.79 Å². The molecule has 16 heavy (non-hydrogen) atoms. The summed E-state index contributed by atoms with van der Waals surface area (Å²) < 4.78 is 0. The van der Waals surface area contributed by atoms with Gasteiger partial charge in [-0.15, -0.1) is 0 Å². The van der Waals surface area contributed by atoms with Gasteiger partial charge in [-0.25, -0.2) is 0 Å². The van der Waals surface area contributed by atoms with Gasteiger partial charge in [0.05, 0.1) is 0 Å². The third-order valence-electron chi connectivity index (χ3n) is 3.32. The second kappa shape index (κ2) is 4.65. The van der Waals surface area contributed by atoms with E-state index in [1.165, 1.54) is 5.57 Å². The van der Waals surface area contributed by atoms with Crippen LogP contribution in [0.4, 0.5) is 0 Å². The molecular weight excluding hydrogens is 196 g/mol. The van der Waals surface area contributed by atoms with Crippen molar-refractivity contribution in [1.82, 2.24) is 0 Å². The van der Waals surface area contributed by atoms with Crippen LogP contribution in [0.25, 0.3) is 6.08 Å². The van der Waals surface area contributed by atoms with Crippen molar-refractivity contribution in [1.29, 1.82) is 0 Å². The molecule has 1 aromatic carbocycles. The lowest BCUT2D eigenvalue weighted by Crippen LogP contribution is -2.20. The van der Waals surface area contributed by atoms with Gasteiger partial charge in [0.1, 0.15) is 0 Å². The molecule has 1 aromatic rings. The first-order chi connectivity index (χ1) is 7.74. The number of hydrogen-bond donors (Lipinski definition) is 0. The molecule has 1 aliphatic carbocycles. The van der Waals surface area contributed by atoms with Crippen LogP contribution in [0.5, 0.6) is 0 Å². The summed E-state index contributed by atoms with van der Waals surface area (Å²) in [7, 11) is 0. The zero-order chi connectivity index (χ0) is 11.5. The van der Waals surface area contributed by atoms with Crippen molar-refractivity contribution in [2.24, 2.45) is 5.92 Å². The monoisotopic (exact) mass is 214 g/mol. The molecule has 1 unspecified atom stereocenters. The van der Waals surface area contributed by atoms with E-state index in [0.717, 1.165) is 30.4 Å². The molecule has 0 bridgehead atoms. The fraction of sp³-hybridized carbons (Fsp3) is 0.400. The first kappa shape index (κ1) is 11.1. The van der Waals surface area contributed by atoms with E-state index in [9.17, 15) is 4.79 Å². The van der Waals surface area contributed by atoms with Crippen LogP contribution in [0.2, 0.25) is 0 Å². The highest BCUT2D eigenvalue weighted by Gasteiger charge is 2.26. The van der Waals surface area contributed by atoms with Crippen LogP contribution in [0.3, 0.4) is 0 Å². The van der Waals surface area contributed by atoms with Gasteiger partial charge in [0, 0.05) is 11.5 Å². The Balaban J connectivity index is 2.32. The predicted molar refractivity (Wildman–Crippen MR) is 67.4 cm³/mol. The summed E-state index contributed by atoms with van der Waals surface area (Å²) in [5.41, 5.74) is 3.20. The second-order valence-electron chi connectivity index (χ2n) is 4.53. The first-order valence-corrected chi connectivity index (χ1v) is 6.05. The van der Waals surface area contributed by atoms with Crippen LogP contribution in [-0.2, 0) is 0 Å². The third kappa shape index (κ3) is 1.95. The Morgan fingerprint density at radius 2 is 2.00 bits per heavy atom. The highest BCUT2D eigenvalue weighted by Crippen LogP contribution is 2.31. The highest BCUT2D eigenvalue weighted by molar-refractivity contribution is 6.05. The van der Waals surface area contributed by atoms with Crippen molar-refractivity contribution in [3.8, 4) is 0 Å². The largest absolute Gasteiger partial charge is 0.293 e. The molecule has 0 aliphatic heterocycles. The minimum Gasteiger partial charge on any atom is -0.293 e. The van der Waals surface area contributed by atoms with E-state index in [1.807, 2.05) is 24.3 Å². The molecule has 2 rings (SSSR count). The predicted octanol–water partition coefficient (Wildman–Crippen LogP) is 4.09. The van der Waals surface area contributed by atoms with Crippen molar-refractivity contribution in [3.63, 3.8) is 0 Å². The first-order valence-electron chi connectivity index (χ1n) is 6.05. The van der Waals surface area contributed by atoms with E-state index < -0.39 is 0 Å². The number of rotatable bonds is 3. The van der Waals surface area contributed by atoms with Crippen LogP contribution >= 0.6 is 0 Å². The molecule has 84 valence electrons. The molecule has 0 saturated carbocycles. The van der Waals surface area contributed by atoms with E-state index >= 15 is 0 Å². The molecule has 0 aromatic heterocycles. The van der Waals surface area contributed by atoms with E-state index in [-0.39, 0.29) is 5.92 Å². The number of benzene rings is 1. The molecule has 0 fully saturated rings. The zero-order valence-corrected chi connectivity index (χ0v) is 9.99. The normalized spacial score (nSPS) is 19.2. The lowest BCUT2D eigenvalue weighted by molar-refractivity contribution is 0.0931. The summed E-state index contributed by atoms with van der Waals surface area (Å²) in [4.78, 5) is 12.3. The van der Waals surface area contributed by atoms with Crippen molar-refractivity contribution in [2.75, 3.05) is 0 Å². The standard InChI is InChI=1S/C15H18O/c1-3-4-8-13-11(2)10-12-7-5-6-9-14(12)15(13)16/h5-7,9-10,13H,3-4,8H2,1-2H3. The zero-order valence-electron chi connectivity index (χ0n) is 9.99. The van der Waals surface area contributed by atoms with Crippen molar-refractivity contribution in [3.05, 3.63) is 41.0 Å². The van der Waals surface area contributed by atoms with Crippen LogP contribution in [0.1, 0.15) is 49.0 Å². The quantitative estimate of drug-likeness (QED) is 0.740. The van der Waals surface area contributed by atoms with Crippen LogP contribution < -0.4 is 0 Å².